The highest BCUT2D eigenvalue weighted by molar-refractivity contribution is 7.92. The zero-order chi connectivity index (χ0) is 20.0. The topological polar surface area (TPSA) is 46.6 Å². The molecule has 4 nitrogen and oxygen atoms in total. The molecule has 28 heavy (non-hydrogen) atoms. The highest BCUT2D eigenvalue weighted by atomic mass is 32.2. The van der Waals surface area contributed by atoms with Crippen LogP contribution in [0.4, 0.5) is 5.69 Å². The molecule has 5 heteroatoms. The molecule has 3 aromatic carbocycles. The quantitative estimate of drug-likeness (QED) is 0.573. The van der Waals surface area contributed by atoms with Crippen LogP contribution in [0, 0.1) is 6.92 Å². The van der Waals surface area contributed by atoms with Crippen LogP contribution in [0.2, 0.25) is 0 Å². The Morgan fingerprint density at radius 3 is 2.14 bits per heavy atom. The van der Waals surface area contributed by atoms with Crippen LogP contribution < -0.4 is 9.04 Å². The van der Waals surface area contributed by atoms with Gasteiger partial charge in [0.1, 0.15) is 5.75 Å². The van der Waals surface area contributed by atoms with Gasteiger partial charge >= 0.3 is 0 Å². The van der Waals surface area contributed by atoms with Gasteiger partial charge in [0.25, 0.3) is 10.0 Å². The highest BCUT2D eigenvalue weighted by Gasteiger charge is 2.24. The van der Waals surface area contributed by atoms with Gasteiger partial charge in [-0.15, -0.1) is 0 Å². The van der Waals surface area contributed by atoms with Crippen LogP contribution >= 0.6 is 0 Å². The molecule has 144 valence electrons. The minimum absolute atomic E-state index is 0.224. The molecule has 0 fully saturated rings. The Labute approximate surface area is 166 Å². The van der Waals surface area contributed by atoms with Crippen molar-refractivity contribution in [3.05, 3.63) is 96.1 Å². The molecule has 0 aliphatic heterocycles. The zero-order valence-electron chi connectivity index (χ0n) is 15.9. The van der Waals surface area contributed by atoms with Gasteiger partial charge in [0.05, 0.1) is 24.2 Å². The number of hydrogen-bond acceptors (Lipinski definition) is 3. The van der Waals surface area contributed by atoms with Gasteiger partial charge < -0.3 is 4.74 Å². The van der Waals surface area contributed by atoms with Gasteiger partial charge in [-0.2, -0.15) is 0 Å². The first-order chi connectivity index (χ1) is 13.5. The molecule has 0 aliphatic carbocycles. The molecule has 0 amide bonds. The molecule has 0 saturated heterocycles. The molecular weight excluding hydrogens is 370 g/mol. The molecule has 0 unspecified atom stereocenters. The van der Waals surface area contributed by atoms with Crippen molar-refractivity contribution in [3.63, 3.8) is 0 Å². The van der Waals surface area contributed by atoms with Gasteiger partial charge in [0.2, 0.25) is 0 Å². The summed E-state index contributed by atoms with van der Waals surface area (Å²) in [4.78, 5) is 0.224. The summed E-state index contributed by atoms with van der Waals surface area (Å²) in [6.07, 6.45) is 3.78. The number of nitrogens with zero attached hydrogens (tertiary/aromatic N) is 1. The summed E-state index contributed by atoms with van der Waals surface area (Å²) in [5.41, 5.74) is 2.72. The van der Waals surface area contributed by atoms with Crippen LogP contribution in [-0.4, -0.2) is 22.1 Å². The summed E-state index contributed by atoms with van der Waals surface area (Å²) >= 11 is 0. The molecular formula is C23H23NO3S. The Bertz CT molecular complexity index is 1030. The second-order valence-corrected chi connectivity index (χ2v) is 8.22. The van der Waals surface area contributed by atoms with E-state index < -0.39 is 10.0 Å². The summed E-state index contributed by atoms with van der Waals surface area (Å²) in [7, 11) is -2.17. The molecule has 3 aromatic rings. The Balaban J connectivity index is 1.94. The highest BCUT2D eigenvalue weighted by Crippen LogP contribution is 2.25. The van der Waals surface area contributed by atoms with E-state index in [1.54, 1.807) is 31.4 Å². The molecule has 0 bridgehead atoms. The average Bonchev–Trinajstić information content (AvgIpc) is 2.73. The fourth-order valence-electron chi connectivity index (χ4n) is 2.78. The lowest BCUT2D eigenvalue weighted by atomic mass is 10.2. The fraction of sp³-hybridized carbons (Fsp3) is 0.130. The van der Waals surface area contributed by atoms with Gasteiger partial charge in [-0.1, -0.05) is 60.2 Å². The molecule has 0 aliphatic rings. The van der Waals surface area contributed by atoms with Crippen molar-refractivity contribution in [1.29, 1.82) is 0 Å². The number of ether oxygens (including phenoxy) is 1. The number of rotatable bonds is 7. The second kappa shape index (κ2) is 8.76. The maximum atomic E-state index is 13.3. The first-order valence-electron chi connectivity index (χ1n) is 8.96. The molecule has 3 rings (SSSR count). The summed E-state index contributed by atoms with van der Waals surface area (Å²) < 4.78 is 33.2. The van der Waals surface area contributed by atoms with Gasteiger partial charge in [-0.05, 0) is 48.9 Å². The third-order valence-electron chi connectivity index (χ3n) is 4.35. The van der Waals surface area contributed by atoms with Crippen LogP contribution in [0.5, 0.6) is 5.75 Å². The number of benzene rings is 3. The number of aryl methyl sites for hydroxylation is 1. The molecule has 0 aromatic heterocycles. The first-order valence-corrected chi connectivity index (χ1v) is 10.4. The minimum Gasteiger partial charge on any atom is -0.497 e. The fourth-order valence-corrected chi connectivity index (χ4v) is 4.19. The van der Waals surface area contributed by atoms with Crippen LogP contribution in [0.3, 0.4) is 0 Å². The van der Waals surface area contributed by atoms with E-state index in [-0.39, 0.29) is 11.4 Å². The van der Waals surface area contributed by atoms with Gasteiger partial charge in [0.15, 0.2) is 0 Å². The van der Waals surface area contributed by atoms with Crippen molar-refractivity contribution in [2.75, 3.05) is 18.0 Å². The second-order valence-electron chi connectivity index (χ2n) is 6.36. The van der Waals surface area contributed by atoms with Crippen LogP contribution in [0.1, 0.15) is 11.1 Å². The van der Waals surface area contributed by atoms with Gasteiger partial charge in [-0.3, -0.25) is 4.31 Å². The molecule has 0 spiro atoms. The lowest BCUT2D eigenvalue weighted by molar-refractivity contribution is 0.414. The Morgan fingerprint density at radius 1 is 0.893 bits per heavy atom. The van der Waals surface area contributed by atoms with Crippen molar-refractivity contribution in [2.24, 2.45) is 0 Å². The number of anilines is 1. The van der Waals surface area contributed by atoms with E-state index in [1.807, 2.05) is 73.7 Å². The van der Waals surface area contributed by atoms with Gasteiger partial charge in [-0.25, -0.2) is 8.42 Å². The van der Waals surface area contributed by atoms with E-state index in [2.05, 4.69) is 0 Å². The molecule has 0 atom stereocenters. The Kier molecular flexibility index (Phi) is 6.16. The molecule has 0 saturated carbocycles. The van der Waals surface area contributed by atoms with Gasteiger partial charge in [0, 0.05) is 0 Å². The number of sulfonamides is 1. The largest absolute Gasteiger partial charge is 0.497 e. The van der Waals surface area contributed by atoms with E-state index in [4.69, 9.17) is 4.74 Å². The standard InChI is InChI=1S/C23H23NO3S/c1-19-10-12-21(13-11-19)24(18-6-9-20-7-4-3-5-8-20)28(25,26)23-16-14-22(27-2)15-17-23/h3-17H,18H2,1-2H3/b9-6+. The zero-order valence-corrected chi connectivity index (χ0v) is 16.8. The minimum atomic E-state index is -3.72. The van der Waals surface area contributed by atoms with Crippen molar-refractivity contribution in [1.82, 2.24) is 0 Å². The van der Waals surface area contributed by atoms with E-state index in [0.717, 1.165) is 11.1 Å². The van der Waals surface area contributed by atoms with Crippen molar-refractivity contribution < 1.29 is 13.2 Å². The smallest absolute Gasteiger partial charge is 0.264 e. The van der Waals surface area contributed by atoms with E-state index in [1.165, 1.54) is 4.31 Å². The SMILES string of the molecule is COc1ccc(S(=O)(=O)N(C/C=C/c2ccccc2)c2ccc(C)cc2)cc1. The van der Waals surface area contributed by atoms with E-state index in [0.29, 0.717) is 11.4 Å². The summed E-state index contributed by atoms with van der Waals surface area (Å²) in [5.74, 6) is 0.616. The lowest BCUT2D eigenvalue weighted by Crippen LogP contribution is -2.31. The number of hydrogen-bond donors (Lipinski definition) is 0. The summed E-state index contributed by atoms with van der Waals surface area (Å²) in [6, 6.07) is 23.7. The Hall–Kier alpha value is -3.05. The first kappa shape index (κ1) is 19.7. The monoisotopic (exact) mass is 393 g/mol. The average molecular weight is 394 g/mol. The maximum Gasteiger partial charge on any atom is 0.264 e. The van der Waals surface area contributed by atoms with Crippen LogP contribution in [0.25, 0.3) is 6.08 Å². The molecule has 0 radical (unpaired) electrons. The molecule has 0 heterocycles. The lowest BCUT2D eigenvalue weighted by Gasteiger charge is -2.23. The maximum absolute atomic E-state index is 13.3. The van der Waals surface area contributed by atoms with Crippen LogP contribution in [0.15, 0.2) is 89.8 Å². The summed E-state index contributed by atoms with van der Waals surface area (Å²) in [6.45, 7) is 2.20. The van der Waals surface area contributed by atoms with Crippen molar-refractivity contribution in [3.8, 4) is 5.75 Å². The van der Waals surface area contributed by atoms with Crippen LogP contribution in [-0.2, 0) is 10.0 Å². The molecule has 0 N–H and O–H groups in total. The Morgan fingerprint density at radius 2 is 1.54 bits per heavy atom. The van der Waals surface area contributed by atoms with E-state index in [9.17, 15) is 8.42 Å². The van der Waals surface area contributed by atoms with Crippen molar-refractivity contribution >= 4 is 21.8 Å². The third-order valence-corrected chi connectivity index (χ3v) is 6.16. The number of methoxy groups -OCH3 is 1. The predicted octanol–water partition coefficient (Wildman–Crippen LogP) is 4.91. The predicted molar refractivity (Wildman–Crippen MR) is 114 cm³/mol. The van der Waals surface area contributed by atoms with Crippen molar-refractivity contribution in [2.45, 2.75) is 11.8 Å². The van der Waals surface area contributed by atoms with E-state index >= 15 is 0 Å². The summed E-state index contributed by atoms with van der Waals surface area (Å²) in [5, 5.41) is 0. The normalized spacial score (nSPS) is 11.5. The third kappa shape index (κ3) is 4.61.